The highest BCUT2D eigenvalue weighted by Crippen LogP contribution is 2.15. The van der Waals surface area contributed by atoms with Gasteiger partial charge in [-0.25, -0.2) is 0 Å². The number of quaternary nitrogens is 1. The van der Waals surface area contributed by atoms with Gasteiger partial charge in [0, 0.05) is 16.8 Å². The molecule has 2 N–H and O–H groups in total. The van der Waals surface area contributed by atoms with Crippen molar-refractivity contribution in [2.45, 2.75) is 19.5 Å². The standard InChI is InChI=1S/C21H22N2OS/c1-16-8-10-19(11-9-16)22-21(24)20(18-6-4-3-5-7-18)23(2)14-17-12-13-25-15-17/h3-13,15,20H,14H2,1-2H3,(H,22,24)/p+1/t20-/m0/s1. The number of benzene rings is 2. The largest absolute Gasteiger partial charge is 0.321 e. The van der Waals surface area contributed by atoms with Crippen molar-refractivity contribution in [3.05, 3.63) is 88.1 Å². The van der Waals surface area contributed by atoms with Gasteiger partial charge >= 0.3 is 0 Å². The summed E-state index contributed by atoms with van der Waals surface area (Å²) in [6.45, 7) is 2.85. The molecule has 3 aromatic rings. The van der Waals surface area contributed by atoms with Crippen LogP contribution in [-0.2, 0) is 11.3 Å². The van der Waals surface area contributed by atoms with Gasteiger partial charge in [0.25, 0.3) is 5.91 Å². The average Bonchev–Trinajstić information content (AvgIpc) is 3.11. The van der Waals surface area contributed by atoms with Crippen molar-refractivity contribution in [3.8, 4) is 0 Å². The second-order valence-electron chi connectivity index (χ2n) is 6.35. The first kappa shape index (κ1) is 17.4. The van der Waals surface area contributed by atoms with E-state index in [4.69, 9.17) is 0 Å². The first-order valence-electron chi connectivity index (χ1n) is 8.39. The number of carbonyl (C=O) groups is 1. The van der Waals surface area contributed by atoms with Gasteiger partial charge in [-0.15, -0.1) is 0 Å². The van der Waals surface area contributed by atoms with Crippen LogP contribution in [0.25, 0.3) is 0 Å². The number of amides is 1. The summed E-state index contributed by atoms with van der Waals surface area (Å²) in [7, 11) is 2.07. The Hall–Kier alpha value is -2.43. The summed E-state index contributed by atoms with van der Waals surface area (Å²) < 4.78 is 0. The van der Waals surface area contributed by atoms with E-state index < -0.39 is 0 Å². The maximum absolute atomic E-state index is 13.0. The number of hydrogen-bond acceptors (Lipinski definition) is 2. The third kappa shape index (κ3) is 4.56. The third-order valence-electron chi connectivity index (χ3n) is 4.27. The zero-order valence-corrected chi connectivity index (χ0v) is 15.3. The van der Waals surface area contributed by atoms with Gasteiger partial charge in [-0.1, -0.05) is 48.0 Å². The molecule has 1 aromatic heterocycles. The number of likely N-dealkylation sites (N-methyl/N-ethyl adjacent to an activating group) is 1. The van der Waals surface area contributed by atoms with Crippen LogP contribution in [0.3, 0.4) is 0 Å². The lowest BCUT2D eigenvalue weighted by molar-refractivity contribution is -0.915. The minimum Gasteiger partial charge on any atom is -0.321 e. The van der Waals surface area contributed by atoms with Crippen LogP contribution in [0.1, 0.15) is 22.7 Å². The van der Waals surface area contributed by atoms with E-state index >= 15 is 0 Å². The summed E-state index contributed by atoms with van der Waals surface area (Å²) in [5, 5.41) is 7.29. The molecule has 4 heteroatoms. The van der Waals surface area contributed by atoms with Crippen molar-refractivity contribution < 1.29 is 9.69 Å². The Labute approximate surface area is 152 Å². The molecule has 128 valence electrons. The molecule has 1 amide bonds. The molecule has 25 heavy (non-hydrogen) atoms. The van der Waals surface area contributed by atoms with Gasteiger partial charge in [0.2, 0.25) is 0 Å². The lowest BCUT2D eigenvalue weighted by Crippen LogP contribution is -3.09. The zero-order chi connectivity index (χ0) is 17.6. The molecule has 0 aliphatic rings. The van der Waals surface area contributed by atoms with Crippen LogP contribution in [0.15, 0.2) is 71.4 Å². The predicted molar refractivity (Wildman–Crippen MR) is 104 cm³/mol. The number of carbonyl (C=O) groups excluding carboxylic acids is 1. The molecule has 0 fully saturated rings. The van der Waals surface area contributed by atoms with Crippen LogP contribution in [0.4, 0.5) is 5.69 Å². The van der Waals surface area contributed by atoms with E-state index in [1.165, 1.54) is 11.1 Å². The van der Waals surface area contributed by atoms with E-state index in [0.717, 1.165) is 22.7 Å². The van der Waals surface area contributed by atoms with Crippen LogP contribution >= 0.6 is 11.3 Å². The smallest absolute Gasteiger partial charge is 0.287 e. The SMILES string of the molecule is Cc1ccc(NC(=O)[C@H](c2ccccc2)[NH+](C)Cc2ccsc2)cc1. The number of thiophene rings is 1. The molecule has 2 atom stereocenters. The van der Waals surface area contributed by atoms with E-state index in [1.807, 2.05) is 61.5 Å². The molecule has 0 aliphatic heterocycles. The minimum absolute atomic E-state index is 0.0165. The molecule has 0 saturated carbocycles. The van der Waals surface area contributed by atoms with Crippen molar-refractivity contribution in [2.75, 3.05) is 12.4 Å². The van der Waals surface area contributed by atoms with Gasteiger partial charge in [-0.2, -0.15) is 11.3 Å². The molecule has 1 unspecified atom stereocenters. The van der Waals surface area contributed by atoms with Gasteiger partial charge in [-0.3, -0.25) is 4.79 Å². The number of nitrogens with one attached hydrogen (secondary N) is 2. The molecule has 0 spiro atoms. The molecule has 3 rings (SSSR count). The van der Waals surface area contributed by atoms with Gasteiger partial charge in [-0.05, 0) is 35.9 Å². The molecular weight excluding hydrogens is 328 g/mol. The summed E-state index contributed by atoms with van der Waals surface area (Å²) in [6.07, 6.45) is 0. The number of hydrogen-bond donors (Lipinski definition) is 2. The van der Waals surface area contributed by atoms with Crippen molar-refractivity contribution >= 4 is 22.9 Å². The third-order valence-corrected chi connectivity index (χ3v) is 5.00. The predicted octanol–water partition coefficient (Wildman–Crippen LogP) is 3.45. The molecule has 3 nitrogen and oxygen atoms in total. The minimum atomic E-state index is -0.262. The number of rotatable bonds is 6. The van der Waals surface area contributed by atoms with Crippen LogP contribution in [0, 0.1) is 6.92 Å². The Morgan fingerprint density at radius 2 is 1.80 bits per heavy atom. The van der Waals surface area contributed by atoms with E-state index in [9.17, 15) is 4.79 Å². The fourth-order valence-corrected chi connectivity index (χ4v) is 3.64. The summed E-state index contributed by atoms with van der Waals surface area (Å²) in [4.78, 5) is 14.2. The van der Waals surface area contributed by atoms with E-state index in [-0.39, 0.29) is 11.9 Å². The van der Waals surface area contributed by atoms with Crippen molar-refractivity contribution in [3.63, 3.8) is 0 Å². The Morgan fingerprint density at radius 3 is 2.44 bits per heavy atom. The fraction of sp³-hybridized carbons (Fsp3) is 0.190. The van der Waals surface area contributed by atoms with Crippen LogP contribution < -0.4 is 10.2 Å². The highest BCUT2D eigenvalue weighted by Gasteiger charge is 2.29. The van der Waals surface area contributed by atoms with Crippen LogP contribution in [-0.4, -0.2) is 13.0 Å². The van der Waals surface area contributed by atoms with Gasteiger partial charge < -0.3 is 10.2 Å². The van der Waals surface area contributed by atoms with Crippen molar-refractivity contribution in [1.29, 1.82) is 0 Å². The summed E-state index contributed by atoms with van der Waals surface area (Å²) >= 11 is 1.69. The maximum atomic E-state index is 13.0. The van der Waals surface area contributed by atoms with Crippen LogP contribution in [0.5, 0.6) is 0 Å². The van der Waals surface area contributed by atoms with Gasteiger partial charge in [0.1, 0.15) is 6.54 Å². The molecular formula is C21H23N2OS+. The van der Waals surface area contributed by atoms with Gasteiger partial charge in [0.05, 0.1) is 7.05 Å². The second-order valence-corrected chi connectivity index (χ2v) is 7.13. The van der Waals surface area contributed by atoms with Crippen molar-refractivity contribution in [2.24, 2.45) is 0 Å². The Kier molecular flexibility index (Phi) is 5.64. The average molecular weight is 351 g/mol. The van der Waals surface area contributed by atoms with E-state index in [1.54, 1.807) is 11.3 Å². The number of anilines is 1. The second kappa shape index (κ2) is 8.10. The molecule has 0 aliphatic carbocycles. The molecule has 0 radical (unpaired) electrons. The van der Waals surface area contributed by atoms with Gasteiger partial charge in [0.15, 0.2) is 6.04 Å². The molecule has 1 heterocycles. The Balaban J connectivity index is 1.82. The lowest BCUT2D eigenvalue weighted by atomic mass is 10.0. The lowest BCUT2D eigenvalue weighted by Gasteiger charge is -2.24. The summed E-state index contributed by atoms with van der Waals surface area (Å²) in [5.74, 6) is 0.0165. The monoisotopic (exact) mass is 351 g/mol. The van der Waals surface area contributed by atoms with E-state index in [0.29, 0.717) is 0 Å². The van der Waals surface area contributed by atoms with E-state index in [2.05, 4.69) is 29.2 Å². The molecule has 0 saturated heterocycles. The fourth-order valence-electron chi connectivity index (χ4n) is 2.97. The van der Waals surface area contributed by atoms with Crippen LogP contribution in [0.2, 0.25) is 0 Å². The van der Waals surface area contributed by atoms with Crippen molar-refractivity contribution in [1.82, 2.24) is 0 Å². The highest BCUT2D eigenvalue weighted by atomic mass is 32.1. The first-order chi connectivity index (χ1) is 12.1. The topological polar surface area (TPSA) is 33.5 Å². The first-order valence-corrected chi connectivity index (χ1v) is 9.33. The zero-order valence-electron chi connectivity index (χ0n) is 14.5. The highest BCUT2D eigenvalue weighted by molar-refractivity contribution is 7.07. The quantitative estimate of drug-likeness (QED) is 0.701. The summed E-state index contributed by atoms with van der Waals surface area (Å²) in [6, 6.07) is 19.8. The maximum Gasteiger partial charge on any atom is 0.287 e. The molecule has 0 bridgehead atoms. The normalized spacial score (nSPS) is 13.2. The Morgan fingerprint density at radius 1 is 1.08 bits per heavy atom. The summed E-state index contributed by atoms with van der Waals surface area (Å²) in [5.41, 5.74) is 4.30. The Bertz CT molecular complexity index is 798. The molecule has 2 aromatic carbocycles. The number of aryl methyl sites for hydroxylation is 1.